The summed E-state index contributed by atoms with van der Waals surface area (Å²) in [5.41, 5.74) is 0. The molecular formula is C10H17NO4. The van der Waals surface area contributed by atoms with Crippen molar-refractivity contribution >= 4 is 11.9 Å². The summed E-state index contributed by atoms with van der Waals surface area (Å²) in [5, 5.41) is 19.7. The van der Waals surface area contributed by atoms with E-state index in [1.165, 1.54) is 0 Å². The van der Waals surface area contributed by atoms with Gasteiger partial charge in [-0.3, -0.25) is 9.59 Å². The Hall–Kier alpha value is -1.36. The van der Waals surface area contributed by atoms with Gasteiger partial charge in [-0.2, -0.15) is 0 Å². The van der Waals surface area contributed by atoms with Gasteiger partial charge in [0.1, 0.15) is 12.6 Å². The second-order valence-corrected chi connectivity index (χ2v) is 3.08. The van der Waals surface area contributed by atoms with Crippen molar-refractivity contribution in [2.45, 2.75) is 32.3 Å². The van der Waals surface area contributed by atoms with Gasteiger partial charge in [-0.25, -0.2) is 0 Å². The smallest absolute Gasteiger partial charge is 0.322 e. The summed E-state index contributed by atoms with van der Waals surface area (Å²) in [4.78, 5) is 21.2. The minimum absolute atomic E-state index is 0.307. The summed E-state index contributed by atoms with van der Waals surface area (Å²) in [5.74, 6) is -1.76. The van der Waals surface area contributed by atoms with Crippen LogP contribution in [0.25, 0.3) is 0 Å². The molecule has 0 aliphatic rings. The molecule has 0 spiro atoms. The fraction of sp³-hybridized carbons (Fsp3) is 0.600. The molecule has 86 valence electrons. The highest BCUT2D eigenvalue weighted by atomic mass is 16.4. The topological polar surface area (TPSA) is 86.6 Å². The lowest BCUT2D eigenvalue weighted by molar-refractivity contribution is -0.139. The number of carbonyl (C=O) groups is 2. The van der Waals surface area contributed by atoms with Crippen molar-refractivity contribution in [3.63, 3.8) is 0 Å². The third kappa shape index (κ3) is 7.69. The number of carbonyl (C=O) groups excluding carboxylic acids is 1. The molecule has 0 saturated carbocycles. The van der Waals surface area contributed by atoms with Gasteiger partial charge in [-0.1, -0.05) is 19.1 Å². The second kappa shape index (κ2) is 7.99. The summed E-state index contributed by atoms with van der Waals surface area (Å²) in [6, 6.07) is 0. The monoisotopic (exact) mass is 215 g/mol. The van der Waals surface area contributed by atoms with Crippen LogP contribution >= 0.6 is 0 Å². The summed E-state index contributed by atoms with van der Waals surface area (Å²) >= 11 is 0. The van der Waals surface area contributed by atoms with E-state index in [9.17, 15) is 14.7 Å². The van der Waals surface area contributed by atoms with Crippen LogP contribution in [0.1, 0.15) is 26.2 Å². The lowest BCUT2D eigenvalue weighted by Gasteiger charge is -2.08. The first kappa shape index (κ1) is 13.6. The highest BCUT2D eigenvalue weighted by Crippen LogP contribution is 1.99. The molecule has 0 aromatic rings. The average molecular weight is 215 g/mol. The Labute approximate surface area is 88.8 Å². The van der Waals surface area contributed by atoms with Crippen molar-refractivity contribution in [3.05, 3.63) is 12.2 Å². The molecule has 0 aromatic heterocycles. The Balaban J connectivity index is 3.69. The Morgan fingerprint density at radius 2 is 2.07 bits per heavy atom. The lowest BCUT2D eigenvalue weighted by atomic mass is 10.1. The highest BCUT2D eigenvalue weighted by molar-refractivity contribution is 5.84. The fourth-order valence-corrected chi connectivity index (χ4v) is 0.950. The number of aliphatic carboxylic acids is 1. The van der Waals surface area contributed by atoms with Gasteiger partial charge in [-0.05, 0) is 19.3 Å². The van der Waals surface area contributed by atoms with E-state index < -0.39 is 24.5 Å². The first-order valence-electron chi connectivity index (χ1n) is 4.90. The number of nitrogens with one attached hydrogen (secondary N) is 1. The molecule has 1 unspecified atom stereocenters. The minimum Gasteiger partial charge on any atom is -0.480 e. The van der Waals surface area contributed by atoms with Gasteiger partial charge < -0.3 is 15.5 Å². The first-order valence-corrected chi connectivity index (χ1v) is 4.90. The zero-order valence-corrected chi connectivity index (χ0v) is 8.77. The van der Waals surface area contributed by atoms with E-state index in [2.05, 4.69) is 5.32 Å². The van der Waals surface area contributed by atoms with Gasteiger partial charge in [0.2, 0.25) is 5.91 Å². The van der Waals surface area contributed by atoms with Crippen LogP contribution in [0.2, 0.25) is 0 Å². The van der Waals surface area contributed by atoms with Gasteiger partial charge in [0.25, 0.3) is 0 Å². The number of aliphatic hydroxyl groups excluding tert-OH is 1. The van der Waals surface area contributed by atoms with Crippen LogP contribution < -0.4 is 5.32 Å². The number of carboxylic acid groups (broad SMARTS) is 1. The largest absolute Gasteiger partial charge is 0.480 e. The molecule has 0 aliphatic heterocycles. The molecule has 0 fully saturated rings. The normalized spacial score (nSPS) is 12.7. The highest BCUT2D eigenvalue weighted by Gasteiger charge is 2.13. The summed E-state index contributed by atoms with van der Waals surface area (Å²) in [6.07, 6.45) is 4.53. The maximum absolute atomic E-state index is 11.1. The third-order valence-electron chi connectivity index (χ3n) is 1.73. The molecule has 0 rings (SSSR count). The van der Waals surface area contributed by atoms with Crippen molar-refractivity contribution in [1.29, 1.82) is 0 Å². The molecular weight excluding hydrogens is 198 g/mol. The number of rotatable bonds is 7. The summed E-state index contributed by atoms with van der Waals surface area (Å²) in [6.45, 7) is 1.53. The molecule has 15 heavy (non-hydrogen) atoms. The number of amides is 1. The van der Waals surface area contributed by atoms with Crippen molar-refractivity contribution in [3.8, 4) is 0 Å². The van der Waals surface area contributed by atoms with Crippen LogP contribution in [0.4, 0.5) is 0 Å². The SMILES string of the molecule is CC/C=C/CCC(O)C(=O)NCC(=O)O. The summed E-state index contributed by atoms with van der Waals surface area (Å²) < 4.78 is 0. The molecule has 3 N–H and O–H groups in total. The zero-order chi connectivity index (χ0) is 11.7. The van der Waals surface area contributed by atoms with Crippen LogP contribution in [0.15, 0.2) is 12.2 Å². The van der Waals surface area contributed by atoms with Crippen molar-refractivity contribution in [2.24, 2.45) is 0 Å². The predicted molar refractivity (Wildman–Crippen MR) is 55.3 cm³/mol. The number of hydrogen-bond acceptors (Lipinski definition) is 3. The molecule has 1 atom stereocenters. The van der Waals surface area contributed by atoms with E-state index in [1.807, 2.05) is 19.1 Å². The first-order chi connectivity index (χ1) is 7.07. The van der Waals surface area contributed by atoms with Gasteiger partial charge >= 0.3 is 5.97 Å². The third-order valence-corrected chi connectivity index (χ3v) is 1.73. The van der Waals surface area contributed by atoms with Gasteiger partial charge in [0.15, 0.2) is 0 Å². The van der Waals surface area contributed by atoms with Gasteiger partial charge in [-0.15, -0.1) is 0 Å². The zero-order valence-electron chi connectivity index (χ0n) is 8.77. The van der Waals surface area contributed by atoms with Crippen molar-refractivity contribution in [1.82, 2.24) is 5.32 Å². The second-order valence-electron chi connectivity index (χ2n) is 3.08. The molecule has 0 bridgehead atoms. The number of allylic oxidation sites excluding steroid dienone is 2. The van der Waals surface area contributed by atoms with Crippen LogP contribution in [-0.4, -0.2) is 34.7 Å². The minimum atomic E-state index is -1.13. The lowest BCUT2D eigenvalue weighted by Crippen LogP contribution is -2.37. The maximum Gasteiger partial charge on any atom is 0.322 e. The molecule has 0 heterocycles. The number of aliphatic hydroxyl groups is 1. The van der Waals surface area contributed by atoms with Crippen LogP contribution in [0, 0.1) is 0 Å². The van der Waals surface area contributed by atoms with E-state index in [0.717, 1.165) is 6.42 Å². The molecule has 0 radical (unpaired) electrons. The molecule has 5 nitrogen and oxygen atoms in total. The number of carboxylic acids is 1. The Morgan fingerprint density at radius 3 is 2.60 bits per heavy atom. The van der Waals surface area contributed by atoms with Crippen LogP contribution in [0.3, 0.4) is 0 Å². The van der Waals surface area contributed by atoms with Crippen LogP contribution in [-0.2, 0) is 9.59 Å². The quantitative estimate of drug-likeness (QED) is 0.533. The van der Waals surface area contributed by atoms with Crippen molar-refractivity contribution < 1.29 is 19.8 Å². The fourth-order valence-electron chi connectivity index (χ4n) is 0.950. The van der Waals surface area contributed by atoms with E-state index in [-0.39, 0.29) is 0 Å². The van der Waals surface area contributed by atoms with E-state index in [4.69, 9.17) is 5.11 Å². The van der Waals surface area contributed by atoms with E-state index in [1.54, 1.807) is 0 Å². The van der Waals surface area contributed by atoms with E-state index >= 15 is 0 Å². The standard InChI is InChI=1S/C10H17NO4/c1-2-3-4-5-6-8(12)10(15)11-7-9(13)14/h3-4,8,12H,2,5-7H2,1H3,(H,11,15)(H,13,14)/b4-3+. The van der Waals surface area contributed by atoms with Gasteiger partial charge in [0, 0.05) is 0 Å². The average Bonchev–Trinajstić information content (AvgIpc) is 2.20. The van der Waals surface area contributed by atoms with Crippen LogP contribution in [0.5, 0.6) is 0 Å². The predicted octanol–water partition coefficient (Wildman–Crippen LogP) is 0.294. The van der Waals surface area contributed by atoms with E-state index in [0.29, 0.717) is 12.8 Å². The molecule has 0 aromatic carbocycles. The Bertz CT molecular complexity index is 238. The van der Waals surface area contributed by atoms with Gasteiger partial charge in [0.05, 0.1) is 0 Å². The summed E-state index contributed by atoms with van der Waals surface area (Å²) in [7, 11) is 0. The number of hydrogen-bond donors (Lipinski definition) is 3. The molecule has 0 aliphatic carbocycles. The Kier molecular flexibility index (Phi) is 7.27. The molecule has 0 saturated heterocycles. The molecule has 5 heteroatoms. The molecule has 1 amide bonds. The maximum atomic E-state index is 11.1. The Morgan fingerprint density at radius 1 is 1.40 bits per heavy atom. The van der Waals surface area contributed by atoms with Crippen molar-refractivity contribution in [2.75, 3.05) is 6.54 Å².